The summed E-state index contributed by atoms with van der Waals surface area (Å²) in [5, 5.41) is 0. The first-order chi connectivity index (χ1) is 8.70. The molecule has 0 atom stereocenters. The molecule has 0 radical (unpaired) electrons. The minimum atomic E-state index is 0.492. The van der Waals surface area contributed by atoms with Gasteiger partial charge in [0.15, 0.2) is 0 Å². The van der Waals surface area contributed by atoms with E-state index in [0.29, 0.717) is 13.2 Å². The predicted molar refractivity (Wildman–Crippen MR) is 77.5 cm³/mol. The molecular formula is C15H16BrNO. The van der Waals surface area contributed by atoms with Crippen LogP contribution in [0.25, 0.3) is 0 Å². The molecule has 2 nitrogen and oxygen atoms in total. The van der Waals surface area contributed by atoms with E-state index >= 15 is 0 Å². The largest absolute Gasteiger partial charge is 0.489 e. The highest BCUT2D eigenvalue weighted by Gasteiger charge is 2.04. The van der Waals surface area contributed by atoms with E-state index in [0.717, 1.165) is 21.3 Å². The summed E-state index contributed by atoms with van der Waals surface area (Å²) in [7, 11) is 0. The molecule has 2 aromatic rings. The molecule has 0 heterocycles. The van der Waals surface area contributed by atoms with E-state index in [1.807, 2.05) is 49.4 Å². The highest BCUT2D eigenvalue weighted by molar-refractivity contribution is 9.10. The van der Waals surface area contributed by atoms with Crippen LogP contribution in [-0.4, -0.2) is 0 Å². The zero-order valence-electron chi connectivity index (χ0n) is 10.3. The molecule has 0 aliphatic heterocycles. The average Bonchev–Trinajstić information content (AvgIpc) is 2.38. The molecule has 0 fully saturated rings. The van der Waals surface area contributed by atoms with Crippen molar-refractivity contribution in [3.63, 3.8) is 0 Å². The van der Waals surface area contributed by atoms with Crippen molar-refractivity contribution in [1.29, 1.82) is 0 Å². The Balaban J connectivity index is 2.15. The van der Waals surface area contributed by atoms with Crippen LogP contribution in [0.3, 0.4) is 0 Å². The van der Waals surface area contributed by atoms with Gasteiger partial charge in [-0.3, -0.25) is 0 Å². The van der Waals surface area contributed by atoms with E-state index in [1.165, 1.54) is 5.56 Å². The summed E-state index contributed by atoms with van der Waals surface area (Å²) in [5.41, 5.74) is 9.05. The molecule has 0 aliphatic rings. The van der Waals surface area contributed by atoms with Crippen molar-refractivity contribution in [3.05, 3.63) is 63.6 Å². The van der Waals surface area contributed by atoms with Crippen LogP contribution in [-0.2, 0) is 13.2 Å². The van der Waals surface area contributed by atoms with Gasteiger partial charge in [-0.2, -0.15) is 0 Å². The minimum Gasteiger partial charge on any atom is -0.489 e. The van der Waals surface area contributed by atoms with Crippen LogP contribution < -0.4 is 10.5 Å². The Morgan fingerprint density at radius 3 is 2.61 bits per heavy atom. The van der Waals surface area contributed by atoms with Gasteiger partial charge >= 0.3 is 0 Å². The van der Waals surface area contributed by atoms with Gasteiger partial charge in [-0.1, -0.05) is 46.3 Å². The van der Waals surface area contributed by atoms with Crippen LogP contribution in [0.15, 0.2) is 46.9 Å². The fourth-order valence-corrected chi connectivity index (χ4v) is 2.13. The second-order valence-corrected chi connectivity index (χ2v) is 5.05. The molecule has 2 N–H and O–H groups in total. The minimum absolute atomic E-state index is 0.492. The van der Waals surface area contributed by atoms with Gasteiger partial charge in [-0.25, -0.2) is 0 Å². The van der Waals surface area contributed by atoms with Crippen molar-refractivity contribution >= 4 is 15.9 Å². The molecule has 0 spiro atoms. The Morgan fingerprint density at radius 2 is 1.89 bits per heavy atom. The van der Waals surface area contributed by atoms with E-state index < -0.39 is 0 Å². The summed E-state index contributed by atoms with van der Waals surface area (Å²) < 4.78 is 6.93. The topological polar surface area (TPSA) is 35.2 Å². The molecule has 18 heavy (non-hydrogen) atoms. The molecule has 3 heteroatoms. The maximum Gasteiger partial charge on any atom is 0.124 e. The van der Waals surface area contributed by atoms with Gasteiger partial charge in [0.1, 0.15) is 12.4 Å². The maximum atomic E-state index is 5.87. The number of hydrogen-bond acceptors (Lipinski definition) is 2. The smallest absolute Gasteiger partial charge is 0.124 e. The number of rotatable bonds is 4. The first kappa shape index (κ1) is 13.1. The summed E-state index contributed by atoms with van der Waals surface area (Å²) in [6, 6.07) is 14.1. The van der Waals surface area contributed by atoms with Crippen molar-refractivity contribution in [3.8, 4) is 5.75 Å². The fraction of sp³-hybridized carbons (Fsp3) is 0.200. The van der Waals surface area contributed by atoms with E-state index in [1.54, 1.807) is 0 Å². The molecule has 0 bridgehead atoms. The maximum absolute atomic E-state index is 5.87. The monoisotopic (exact) mass is 305 g/mol. The van der Waals surface area contributed by atoms with Crippen molar-refractivity contribution in [2.75, 3.05) is 0 Å². The SMILES string of the molecule is Cc1ccc(CN)c(OCc2ccccc2Br)c1. The molecule has 0 unspecified atom stereocenters. The number of hydrogen-bond donors (Lipinski definition) is 1. The van der Waals surface area contributed by atoms with Crippen LogP contribution >= 0.6 is 15.9 Å². The van der Waals surface area contributed by atoms with Crippen LogP contribution in [0.2, 0.25) is 0 Å². The van der Waals surface area contributed by atoms with E-state index in [4.69, 9.17) is 10.5 Å². The lowest BCUT2D eigenvalue weighted by Gasteiger charge is -2.12. The van der Waals surface area contributed by atoms with Crippen molar-refractivity contribution in [1.82, 2.24) is 0 Å². The summed E-state index contributed by atoms with van der Waals surface area (Å²) in [4.78, 5) is 0. The highest BCUT2D eigenvalue weighted by atomic mass is 79.9. The van der Waals surface area contributed by atoms with Gasteiger partial charge in [-0.15, -0.1) is 0 Å². The Kier molecular flexibility index (Phi) is 4.39. The average molecular weight is 306 g/mol. The van der Waals surface area contributed by atoms with Crippen LogP contribution in [0.4, 0.5) is 0 Å². The van der Waals surface area contributed by atoms with Gasteiger partial charge in [0.05, 0.1) is 0 Å². The molecule has 2 rings (SSSR count). The second kappa shape index (κ2) is 6.03. The van der Waals surface area contributed by atoms with Gasteiger partial charge in [0, 0.05) is 22.1 Å². The van der Waals surface area contributed by atoms with E-state index in [9.17, 15) is 0 Å². The summed E-state index contributed by atoms with van der Waals surface area (Å²) in [6.45, 7) is 3.08. The van der Waals surface area contributed by atoms with Crippen LogP contribution in [0, 0.1) is 6.92 Å². The van der Waals surface area contributed by atoms with Crippen molar-refractivity contribution in [2.45, 2.75) is 20.1 Å². The third-order valence-electron chi connectivity index (χ3n) is 2.78. The quantitative estimate of drug-likeness (QED) is 0.932. The van der Waals surface area contributed by atoms with Crippen molar-refractivity contribution in [2.24, 2.45) is 5.73 Å². The van der Waals surface area contributed by atoms with Crippen LogP contribution in [0.5, 0.6) is 5.75 Å². The molecule has 0 amide bonds. The number of aryl methyl sites for hydroxylation is 1. The van der Waals surface area contributed by atoms with Crippen LogP contribution in [0.1, 0.15) is 16.7 Å². The summed E-state index contributed by atoms with van der Waals surface area (Å²) in [5.74, 6) is 0.869. The lowest BCUT2D eigenvalue weighted by Crippen LogP contribution is -2.03. The fourth-order valence-electron chi connectivity index (χ4n) is 1.74. The molecule has 0 aliphatic carbocycles. The van der Waals surface area contributed by atoms with Gasteiger partial charge in [0.2, 0.25) is 0 Å². The number of benzene rings is 2. The number of ether oxygens (including phenoxy) is 1. The van der Waals surface area contributed by atoms with Gasteiger partial charge < -0.3 is 10.5 Å². The summed E-state index contributed by atoms with van der Waals surface area (Å²) in [6.07, 6.45) is 0. The Hall–Kier alpha value is -1.32. The third-order valence-corrected chi connectivity index (χ3v) is 3.56. The number of halogens is 1. The second-order valence-electron chi connectivity index (χ2n) is 4.20. The standard InChI is InChI=1S/C15H16BrNO/c1-11-6-7-12(9-17)15(8-11)18-10-13-4-2-3-5-14(13)16/h2-8H,9-10,17H2,1H3. The lowest BCUT2D eigenvalue weighted by molar-refractivity contribution is 0.302. The van der Waals surface area contributed by atoms with Gasteiger partial charge in [0.25, 0.3) is 0 Å². The van der Waals surface area contributed by atoms with Gasteiger partial charge in [-0.05, 0) is 24.6 Å². The molecule has 94 valence electrons. The molecule has 0 aromatic heterocycles. The number of nitrogens with two attached hydrogens (primary N) is 1. The van der Waals surface area contributed by atoms with E-state index in [2.05, 4.69) is 15.9 Å². The molecule has 0 saturated heterocycles. The third kappa shape index (κ3) is 3.12. The normalized spacial score (nSPS) is 10.4. The predicted octanol–water partition coefficient (Wildman–Crippen LogP) is 3.80. The first-order valence-corrected chi connectivity index (χ1v) is 6.66. The zero-order chi connectivity index (χ0) is 13.0. The Labute approximate surface area is 116 Å². The lowest BCUT2D eigenvalue weighted by atomic mass is 10.1. The van der Waals surface area contributed by atoms with Crippen molar-refractivity contribution < 1.29 is 4.74 Å². The Bertz CT molecular complexity index is 540. The highest BCUT2D eigenvalue weighted by Crippen LogP contribution is 2.23. The molecule has 2 aromatic carbocycles. The summed E-state index contributed by atoms with van der Waals surface area (Å²) >= 11 is 3.52. The van der Waals surface area contributed by atoms with E-state index in [-0.39, 0.29) is 0 Å². The zero-order valence-corrected chi connectivity index (χ0v) is 11.9. The molecule has 0 saturated carbocycles. The first-order valence-electron chi connectivity index (χ1n) is 5.86. The Morgan fingerprint density at radius 1 is 1.11 bits per heavy atom. The molecular weight excluding hydrogens is 290 g/mol.